The van der Waals surface area contributed by atoms with Crippen LogP contribution in [0, 0.1) is 0 Å². The van der Waals surface area contributed by atoms with Crippen LogP contribution in [0.4, 0.5) is 0 Å². The van der Waals surface area contributed by atoms with Crippen LogP contribution in [0.1, 0.15) is 30.3 Å². The molecule has 1 aliphatic heterocycles. The van der Waals surface area contributed by atoms with Crippen molar-refractivity contribution in [3.8, 4) is 11.4 Å². The minimum atomic E-state index is -0.166. The summed E-state index contributed by atoms with van der Waals surface area (Å²) in [7, 11) is 0. The van der Waals surface area contributed by atoms with E-state index in [1.54, 1.807) is 0 Å². The van der Waals surface area contributed by atoms with Crippen molar-refractivity contribution >= 4 is 21.8 Å². The van der Waals surface area contributed by atoms with Crippen LogP contribution in [0.3, 0.4) is 0 Å². The first kappa shape index (κ1) is 16.0. The Labute approximate surface area is 153 Å². The monoisotopic (exact) mass is 397 g/mol. The van der Waals surface area contributed by atoms with Crippen LogP contribution in [0.25, 0.3) is 11.4 Å². The zero-order valence-electron chi connectivity index (χ0n) is 13.4. The molecule has 25 heavy (non-hydrogen) atoms. The van der Waals surface area contributed by atoms with Gasteiger partial charge in [-0.3, -0.25) is 4.79 Å². The van der Waals surface area contributed by atoms with Crippen molar-refractivity contribution in [1.82, 2.24) is 15.0 Å². The second kappa shape index (κ2) is 6.80. The highest BCUT2D eigenvalue weighted by atomic mass is 79.9. The largest absolute Gasteiger partial charge is 0.337 e. The molecule has 4 rings (SSSR count). The van der Waals surface area contributed by atoms with E-state index in [0.717, 1.165) is 15.6 Å². The molecule has 0 spiro atoms. The summed E-state index contributed by atoms with van der Waals surface area (Å²) < 4.78 is 6.45. The van der Waals surface area contributed by atoms with Crippen molar-refractivity contribution in [3.63, 3.8) is 0 Å². The van der Waals surface area contributed by atoms with Crippen molar-refractivity contribution in [3.05, 3.63) is 70.5 Å². The van der Waals surface area contributed by atoms with Gasteiger partial charge < -0.3 is 9.42 Å². The van der Waals surface area contributed by atoms with Gasteiger partial charge in [-0.1, -0.05) is 63.6 Å². The van der Waals surface area contributed by atoms with Gasteiger partial charge in [0.15, 0.2) is 0 Å². The van der Waals surface area contributed by atoms with Crippen molar-refractivity contribution in [2.45, 2.75) is 25.4 Å². The summed E-state index contributed by atoms with van der Waals surface area (Å²) in [6.07, 6.45) is 1.21. The van der Waals surface area contributed by atoms with E-state index in [2.05, 4.69) is 26.1 Å². The third-order valence-corrected chi connectivity index (χ3v) is 4.83. The Kier molecular flexibility index (Phi) is 4.36. The fourth-order valence-electron chi connectivity index (χ4n) is 3.08. The normalized spacial score (nSPS) is 17.2. The Balaban J connectivity index is 1.59. The molecule has 1 saturated heterocycles. The predicted molar refractivity (Wildman–Crippen MR) is 96.4 cm³/mol. The maximum atomic E-state index is 12.3. The van der Waals surface area contributed by atoms with Gasteiger partial charge in [0.1, 0.15) is 6.04 Å². The number of likely N-dealkylation sites (tertiary alicyclic amines) is 1. The molecule has 1 unspecified atom stereocenters. The first-order valence-corrected chi connectivity index (χ1v) is 8.93. The molecular formula is C19H16BrN3O2. The minimum Gasteiger partial charge on any atom is -0.337 e. The molecule has 0 aliphatic carbocycles. The third kappa shape index (κ3) is 3.35. The molecule has 5 nitrogen and oxygen atoms in total. The molecule has 2 heterocycles. The van der Waals surface area contributed by atoms with Gasteiger partial charge in [-0.15, -0.1) is 0 Å². The summed E-state index contributed by atoms with van der Waals surface area (Å²) in [6.45, 7) is 0.555. The molecule has 0 radical (unpaired) electrons. The Morgan fingerprint density at radius 2 is 2.00 bits per heavy atom. The second-order valence-corrected chi connectivity index (χ2v) is 6.94. The fourth-order valence-corrected chi connectivity index (χ4v) is 3.48. The number of rotatable bonds is 4. The maximum Gasteiger partial charge on any atom is 0.249 e. The number of benzene rings is 2. The van der Waals surface area contributed by atoms with Gasteiger partial charge in [0.05, 0.1) is 0 Å². The van der Waals surface area contributed by atoms with E-state index in [1.165, 1.54) is 0 Å². The smallest absolute Gasteiger partial charge is 0.249 e. The number of amides is 1. The zero-order chi connectivity index (χ0) is 17.2. The van der Waals surface area contributed by atoms with Crippen molar-refractivity contribution in [2.24, 2.45) is 0 Å². The van der Waals surface area contributed by atoms with Crippen molar-refractivity contribution in [2.75, 3.05) is 0 Å². The van der Waals surface area contributed by atoms with Crippen LogP contribution < -0.4 is 0 Å². The SMILES string of the molecule is O=C1CCC(c2nc(-c3cccc(Br)c3)no2)N1Cc1ccccc1. The molecule has 126 valence electrons. The van der Waals surface area contributed by atoms with E-state index in [0.29, 0.717) is 31.1 Å². The highest BCUT2D eigenvalue weighted by Gasteiger charge is 2.35. The number of halogens is 1. The first-order chi connectivity index (χ1) is 12.2. The number of aromatic nitrogens is 2. The number of hydrogen-bond donors (Lipinski definition) is 0. The summed E-state index contributed by atoms with van der Waals surface area (Å²) in [4.78, 5) is 18.7. The van der Waals surface area contributed by atoms with Crippen LogP contribution in [0.2, 0.25) is 0 Å². The molecule has 1 aromatic heterocycles. The Morgan fingerprint density at radius 1 is 1.16 bits per heavy atom. The number of carbonyl (C=O) groups is 1. The summed E-state index contributed by atoms with van der Waals surface area (Å²) in [5.41, 5.74) is 1.97. The molecule has 1 amide bonds. The van der Waals surface area contributed by atoms with E-state index in [9.17, 15) is 4.79 Å². The summed E-state index contributed by atoms with van der Waals surface area (Å²) in [5, 5.41) is 4.09. The lowest BCUT2D eigenvalue weighted by atomic mass is 10.2. The first-order valence-electron chi connectivity index (χ1n) is 8.13. The molecule has 1 atom stereocenters. The topological polar surface area (TPSA) is 59.2 Å². The molecule has 0 saturated carbocycles. The Bertz CT molecular complexity index is 894. The molecule has 0 N–H and O–H groups in total. The minimum absolute atomic E-state index is 0.121. The zero-order valence-corrected chi connectivity index (χ0v) is 15.0. The van der Waals surface area contributed by atoms with Gasteiger partial charge >= 0.3 is 0 Å². The Morgan fingerprint density at radius 3 is 2.80 bits per heavy atom. The van der Waals surface area contributed by atoms with Gasteiger partial charge in [-0.05, 0) is 24.1 Å². The molecule has 6 heteroatoms. The lowest BCUT2D eigenvalue weighted by Gasteiger charge is -2.22. The number of nitrogens with zero attached hydrogens (tertiary/aromatic N) is 3. The van der Waals surface area contributed by atoms with Gasteiger partial charge in [0.25, 0.3) is 0 Å². The van der Waals surface area contributed by atoms with E-state index in [4.69, 9.17) is 4.52 Å². The van der Waals surface area contributed by atoms with Gasteiger partial charge in [0, 0.05) is 23.0 Å². The van der Waals surface area contributed by atoms with Crippen LogP contribution >= 0.6 is 15.9 Å². The summed E-state index contributed by atoms with van der Waals surface area (Å²) >= 11 is 3.45. The lowest BCUT2D eigenvalue weighted by molar-refractivity contribution is -0.129. The fraction of sp³-hybridized carbons (Fsp3) is 0.211. The molecule has 0 bridgehead atoms. The van der Waals surface area contributed by atoms with E-state index < -0.39 is 0 Å². The molecule has 1 aliphatic rings. The Hall–Kier alpha value is -2.47. The maximum absolute atomic E-state index is 12.3. The number of hydrogen-bond acceptors (Lipinski definition) is 4. The van der Waals surface area contributed by atoms with E-state index >= 15 is 0 Å². The summed E-state index contributed by atoms with van der Waals surface area (Å²) in [5.74, 6) is 1.16. The quantitative estimate of drug-likeness (QED) is 0.655. The van der Waals surface area contributed by atoms with Crippen LogP contribution in [-0.4, -0.2) is 20.9 Å². The average molecular weight is 398 g/mol. The highest BCUT2D eigenvalue weighted by Crippen LogP contribution is 2.34. The highest BCUT2D eigenvalue weighted by molar-refractivity contribution is 9.10. The summed E-state index contributed by atoms with van der Waals surface area (Å²) in [6, 6.07) is 17.5. The molecule has 2 aromatic carbocycles. The standard InChI is InChI=1S/C19H16BrN3O2/c20-15-8-4-7-14(11-15)18-21-19(25-22-18)16-9-10-17(24)23(16)12-13-5-2-1-3-6-13/h1-8,11,16H,9-10,12H2. The lowest BCUT2D eigenvalue weighted by Crippen LogP contribution is -2.27. The van der Waals surface area contributed by atoms with E-state index in [1.807, 2.05) is 59.5 Å². The second-order valence-electron chi connectivity index (χ2n) is 6.03. The van der Waals surface area contributed by atoms with Crippen LogP contribution in [-0.2, 0) is 11.3 Å². The molecular weight excluding hydrogens is 382 g/mol. The van der Waals surface area contributed by atoms with Gasteiger partial charge in [0.2, 0.25) is 17.6 Å². The average Bonchev–Trinajstić information content (AvgIpc) is 3.24. The van der Waals surface area contributed by atoms with Gasteiger partial charge in [-0.25, -0.2) is 0 Å². The van der Waals surface area contributed by atoms with E-state index in [-0.39, 0.29) is 11.9 Å². The van der Waals surface area contributed by atoms with Crippen molar-refractivity contribution in [1.29, 1.82) is 0 Å². The van der Waals surface area contributed by atoms with Gasteiger partial charge in [-0.2, -0.15) is 4.98 Å². The third-order valence-electron chi connectivity index (χ3n) is 4.33. The van der Waals surface area contributed by atoms with Crippen LogP contribution in [0.5, 0.6) is 0 Å². The molecule has 3 aromatic rings. The molecule has 1 fully saturated rings. The van der Waals surface area contributed by atoms with Crippen LogP contribution in [0.15, 0.2) is 63.6 Å². The predicted octanol–water partition coefficient (Wildman–Crippen LogP) is 4.36. The number of carbonyl (C=O) groups excluding carboxylic acids is 1. The van der Waals surface area contributed by atoms with Crippen molar-refractivity contribution < 1.29 is 9.32 Å².